The predicted molar refractivity (Wildman–Crippen MR) is 82.6 cm³/mol. The topological polar surface area (TPSA) is 57.0 Å². The standard InChI is InChI=1S/C15H26N2O3/c1-12(2)20-15-10-13(16)9-14(11-15)17(5-7-18-3)6-8-19-4/h9-12H,5-8,16H2,1-4H3. The molecule has 20 heavy (non-hydrogen) atoms. The van der Waals surface area contributed by atoms with E-state index in [4.69, 9.17) is 19.9 Å². The molecule has 2 N–H and O–H groups in total. The maximum Gasteiger partial charge on any atom is 0.123 e. The molecule has 0 saturated heterocycles. The highest BCUT2D eigenvalue weighted by Gasteiger charge is 2.09. The van der Waals surface area contributed by atoms with Crippen LogP contribution in [-0.4, -0.2) is 46.6 Å². The van der Waals surface area contributed by atoms with E-state index in [-0.39, 0.29) is 6.10 Å². The maximum absolute atomic E-state index is 5.96. The van der Waals surface area contributed by atoms with E-state index in [0.29, 0.717) is 18.9 Å². The number of ether oxygens (including phenoxy) is 3. The van der Waals surface area contributed by atoms with Gasteiger partial charge in [0.15, 0.2) is 0 Å². The van der Waals surface area contributed by atoms with Crippen molar-refractivity contribution in [2.75, 3.05) is 51.2 Å². The quantitative estimate of drug-likeness (QED) is 0.703. The molecule has 0 aliphatic rings. The Kier molecular flexibility index (Phi) is 7.18. The van der Waals surface area contributed by atoms with Crippen LogP contribution in [-0.2, 0) is 9.47 Å². The van der Waals surface area contributed by atoms with Crippen molar-refractivity contribution in [2.24, 2.45) is 0 Å². The summed E-state index contributed by atoms with van der Waals surface area (Å²) in [6.07, 6.45) is 0.121. The fourth-order valence-corrected chi connectivity index (χ4v) is 1.90. The van der Waals surface area contributed by atoms with Gasteiger partial charge in [0, 0.05) is 50.8 Å². The second-order valence-corrected chi connectivity index (χ2v) is 4.90. The third-order valence-corrected chi connectivity index (χ3v) is 2.78. The number of hydrogen-bond acceptors (Lipinski definition) is 5. The summed E-state index contributed by atoms with van der Waals surface area (Å²) in [6.45, 7) is 6.86. The number of nitrogen functional groups attached to an aromatic ring is 1. The summed E-state index contributed by atoms with van der Waals surface area (Å²) in [5.41, 5.74) is 7.68. The number of rotatable bonds is 9. The van der Waals surface area contributed by atoms with E-state index in [1.165, 1.54) is 0 Å². The zero-order valence-corrected chi connectivity index (χ0v) is 12.9. The van der Waals surface area contributed by atoms with Gasteiger partial charge in [-0.1, -0.05) is 0 Å². The van der Waals surface area contributed by atoms with Crippen LogP contribution in [0.2, 0.25) is 0 Å². The average Bonchev–Trinajstić information content (AvgIpc) is 2.37. The second kappa shape index (κ2) is 8.66. The Labute approximate surface area is 121 Å². The Bertz CT molecular complexity index is 389. The highest BCUT2D eigenvalue weighted by molar-refractivity contribution is 5.60. The number of methoxy groups -OCH3 is 2. The third kappa shape index (κ3) is 5.67. The number of nitrogens with zero attached hydrogens (tertiary/aromatic N) is 1. The smallest absolute Gasteiger partial charge is 0.123 e. The molecule has 0 spiro atoms. The van der Waals surface area contributed by atoms with Gasteiger partial charge in [-0.15, -0.1) is 0 Å². The van der Waals surface area contributed by atoms with Crippen LogP contribution >= 0.6 is 0 Å². The summed E-state index contributed by atoms with van der Waals surface area (Å²) in [4.78, 5) is 2.18. The number of benzene rings is 1. The van der Waals surface area contributed by atoms with Crippen LogP contribution in [0.25, 0.3) is 0 Å². The van der Waals surface area contributed by atoms with Crippen LogP contribution in [0.1, 0.15) is 13.8 Å². The number of nitrogens with two attached hydrogens (primary N) is 1. The fraction of sp³-hybridized carbons (Fsp3) is 0.600. The van der Waals surface area contributed by atoms with E-state index in [2.05, 4.69) is 4.90 Å². The van der Waals surface area contributed by atoms with Crippen molar-refractivity contribution in [3.63, 3.8) is 0 Å². The van der Waals surface area contributed by atoms with Crippen LogP contribution in [0.15, 0.2) is 18.2 Å². The molecule has 1 aromatic rings. The molecule has 0 heterocycles. The summed E-state index contributed by atoms with van der Waals surface area (Å²) >= 11 is 0. The SMILES string of the molecule is COCCN(CCOC)c1cc(N)cc(OC(C)C)c1. The van der Waals surface area contributed by atoms with Crippen molar-refractivity contribution < 1.29 is 14.2 Å². The molecule has 114 valence electrons. The fourth-order valence-electron chi connectivity index (χ4n) is 1.90. The van der Waals surface area contributed by atoms with Gasteiger partial charge in [0.25, 0.3) is 0 Å². The molecule has 0 saturated carbocycles. The number of anilines is 2. The zero-order chi connectivity index (χ0) is 15.0. The molecular formula is C15H26N2O3. The first kappa shape index (κ1) is 16.6. The van der Waals surface area contributed by atoms with Crippen molar-refractivity contribution in [2.45, 2.75) is 20.0 Å². The molecular weight excluding hydrogens is 256 g/mol. The van der Waals surface area contributed by atoms with Gasteiger partial charge in [-0.3, -0.25) is 0 Å². The molecule has 0 fully saturated rings. The summed E-state index contributed by atoms with van der Waals surface area (Å²) in [5, 5.41) is 0. The van der Waals surface area contributed by atoms with Crippen molar-refractivity contribution in [3.8, 4) is 5.75 Å². The molecule has 0 radical (unpaired) electrons. The summed E-state index contributed by atoms with van der Waals surface area (Å²) in [7, 11) is 3.39. The van der Waals surface area contributed by atoms with E-state index in [0.717, 1.165) is 24.5 Å². The van der Waals surface area contributed by atoms with Crippen LogP contribution in [0, 0.1) is 0 Å². The first-order chi connectivity index (χ1) is 9.56. The second-order valence-electron chi connectivity index (χ2n) is 4.90. The van der Waals surface area contributed by atoms with Crippen molar-refractivity contribution in [1.29, 1.82) is 0 Å². The van der Waals surface area contributed by atoms with Crippen LogP contribution < -0.4 is 15.4 Å². The van der Waals surface area contributed by atoms with Crippen molar-refractivity contribution >= 4 is 11.4 Å². The lowest BCUT2D eigenvalue weighted by atomic mass is 10.2. The van der Waals surface area contributed by atoms with Gasteiger partial charge in [-0.05, 0) is 19.9 Å². The largest absolute Gasteiger partial charge is 0.491 e. The van der Waals surface area contributed by atoms with E-state index in [1.807, 2.05) is 32.0 Å². The predicted octanol–water partition coefficient (Wildman–Crippen LogP) is 2.16. The Morgan fingerprint density at radius 1 is 1.05 bits per heavy atom. The summed E-state index contributed by atoms with van der Waals surface area (Å²) < 4.78 is 16.0. The van der Waals surface area contributed by atoms with Crippen molar-refractivity contribution in [1.82, 2.24) is 0 Å². The first-order valence-electron chi connectivity index (χ1n) is 6.87. The lowest BCUT2D eigenvalue weighted by Crippen LogP contribution is -2.30. The Balaban J connectivity index is 2.89. The van der Waals surface area contributed by atoms with Gasteiger partial charge in [-0.2, -0.15) is 0 Å². The third-order valence-electron chi connectivity index (χ3n) is 2.78. The molecule has 0 atom stereocenters. The lowest BCUT2D eigenvalue weighted by molar-refractivity contribution is 0.190. The minimum absolute atomic E-state index is 0.121. The monoisotopic (exact) mass is 282 g/mol. The molecule has 1 rings (SSSR count). The normalized spacial score (nSPS) is 10.8. The van der Waals surface area contributed by atoms with E-state index < -0.39 is 0 Å². The first-order valence-corrected chi connectivity index (χ1v) is 6.87. The molecule has 0 unspecified atom stereocenters. The minimum Gasteiger partial charge on any atom is -0.491 e. The summed E-state index contributed by atoms with van der Waals surface area (Å²) in [5.74, 6) is 0.787. The highest BCUT2D eigenvalue weighted by Crippen LogP contribution is 2.26. The Morgan fingerprint density at radius 3 is 2.15 bits per heavy atom. The van der Waals surface area contributed by atoms with E-state index >= 15 is 0 Å². The lowest BCUT2D eigenvalue weighted by Gasteiger charge is -2.25. The molecule has 0 aliphatic carbocycles. The van der Waals surface area contributed by atoms with Gasteiger partial charge in [0.1, 0.15) is 5.75 Å². The zero-order valence-electron chi connectivity index (χ0n) is 12.9. The van der Waals surface area contributed by atoms with Gasteiger partial charge in [-0.25, -0.2) is 0 Å². The molecule has 5 nitrogen and oxygen atoms in total. The van der Waals surface area contributed by atoms with Crippen molar-refractivity contribution in [3.05, 3.63) is 18.2 Å². The molecule has 0 aromatic heterocycles. The van der Waals surface area contributed by atoms with Gasteiger partial charge < -0.3 is 24.8 Å². The van der Waals surface area contributed by atoms with Gasteiger partial charge in [0.2, 0.25) is 0 Å². The van der Waals surface area contributed by atoms with E-state index in [1.54, 1.807) is 14.2 Å². The molecule has 0 amide bonds. The Morgan fingerprint density at radius 2 is 1.65 bits per heavy atom. The maximum atomic E-state index is 5.96. The van der Waals surface area contributed by atoms with E-state index in [9.17, 15) is 0 Å². The van der Waals surface area contributed by atoms with Gasteiger partial charge in [0.05, 0.1) is 19.3 Å². The number of hydrogen-bond donors (Lipinski definition) is 1. The van der Waals surface area contributed by atoms with Gasteiger partial charge >= 0.3 is 0 Å². The van der Waals surface area contributed by atoms with Crippen LogP contribution in [0.3, 0.4) is 0 Å². The Hall–Kier alpha value is -1.46. The van der Waals surface area contributed by atoms with Crippen LogP contribution in [0.5, 0.6) is 5.75 Å². The molecule has 0 bridgehead atoms. The highest BCUT2D eigenvalue weighted by atomic mass is 16.5. The minimum atomic E-state index is 0.121. The average molecular weight is 282 g/mol. The van der Waals surface area contributed by atoms with Crippen LogP contribution in [0.4, 0.5) is 11.4 Å². The molecule has 5 heteroatoms. The summed E-state index contributed by atoms with van der Waals surface area (Å²) in [6, 6.07) is 5.79. The molecule has 1 aromatic carbocycles. The molecule has 0 aliphatic heterocycles.